The third-order valence-electron chi connectivity index (χ3n) is 3.69. The van der Waals surface area contributed by atoms with Crippen LogP contribution >= 0.6 is 34.7 Å². The Balaban J connectivity index is 2.03. The van der Waals surface area contributed by atoms with Crippen molar-refractivity contribution < 1.29 is 19.1 Å². The average Bonchev–Trinajstić information content (AvgIpc) is 3.26. The summed E-state index contributed by atoms with van der Waals surface area (Å²) < 4.78 is 10.9. The molecule has 3 aromatic rings. The van der Waals surface area contributed by atoms with Gasteiger partial charge in [0.2, 0.25) is 0 Å². The monoisotopic (exact) mass is 439 g/mol. The van der Waals surface area contributed by atoms with Crippen LogP contribution in [0.3, 0.4) is 0 Å². The van der Waals surface area contributed by atoms with Crippen LogP contribution in [0.25, 0.3) is 10.9 Å². The molecule has 3 rings (SSSR count). The van der Waals surface area contributed by atoms with E-state index in [9.17, 15) is 9.59 Å². The molecule has 28 heavy (non-hydrogen) atoms. The van der Waals surface area contributed by atoms with Gasteiger partial charge in [0.1, 0.15) is 5.69 Å². The van der Waals surface area contributed by atoms with Gasteiger partial charge < -0.3 is 19.8 Å². The second-order valence-corrected chi connectivity index (χ2v) is 8.01. The van der Waals surface area contributed by atoms with Gasteiger partial charge in [0.25, 0.3) is 0 Å². The zero-order valence-corrected chi connectivity index (χ0v) is 17.8. The molecule has 0 saturated carbocycles. The van der Waals surface area contributed by atoms with Crippen molar-refractivity contribution in [3.63, 3.8) is 0 Å². The van der Waals surface area contributed by atoms with Crippen LogP contribution in [0.2, 0.25) is 5.02 Å². The number of carbonyl (C=O) groups is 2. The first-order chi connectivity index (χ1) is 13.5. The predicted molar refractivity (Wildman–Crippen MR) is 112 cm³/mol. The van der Waals surface area contributed by atoms with Crippen molar-refractivity contribution in [2.75, 3.05) is 24.8 Å². The van der Waals surface area contributed by atoms with Crippen molar-refractivity contribution in [2.24, 2.45) is 0 Å². The molecule has 0 fully saturated rings. The van der Waals surface area contributed by atoms with Crippen LogP contribution in [0.4, 0.5) is 11.5 Å². The molecule has 0 saturated heterocycles. The average molecular weight is 440 g/mol. The highest BCUT2D eigenvalue weighted by atomic mass is 35.5. The lowest BCUT2D eigenvalue weighted by Crippen LogP contribution is -2.05. The molecule has 2 aromatic heterocycles. The van der Waals surface area contributed by atoms with Crippen LogP contribution in [0, 0.1) is 0 Å². The van der Waals surface area contributed by atoms with Gasteiger partial charge in [-0.3, -0.25) is 0 Å². The largest absolute Gasteiger partial charge is 0.462 e. The maximum absolute atomic E-state index is 12.3. The van der Waals surface area contributed by atoms with Gasteiger partial charge in [-0.25, -0.2) is 14.6 Å². The maximum atomic E-state index is 12.3. The van der Waals surface area contributed by atoms with E-state index in [1.807, 2.05) is 6.26 Å². The van der Waals surface area contributed by atoms with E-state index in [1.54, 1.807) is 32.0 Å². The zero-order valence-electron chi connectivity index (χ0n) is 15.4. The molecule has 1 aromatic carbocycles. The minimum Gasteiger partial charge on any atom is -0.462 e. The van der Waals surface area contributed by atoms with Crippen LogP contribution in [0.15, 0.2) is 22.5 Å². The lowest BCUT2D eigenvalue weighted by Gasteiger charge is -2.08. The number of halogens is 1. The molecule has 0 bridgehead atoms. The first kappa shape index (κ1) is 20.5. The number of carbonyl (C=O) groups excluding carboxylic acids is 2. The molecule has 2 heterocycles. The topological polar surface area (TPSA) is 93.3 Å². The quantitative estimate of drug-likeness (QED) is 0.390. The van der Waals surface area contributed by atoms with E-state index in [1.165, 1.54) is 23.1 Å². The molecule has 148 valence electrons. The van der Waals surface area contributed by atoms with Crippen LogP contribution in [-0.4, -0.2) is 41.4 Å². The number of anilines is 2. The Morgan fingerprint density at radius 2 is 1.93 bits per heavy atom. The lowest BCUT2D eigenvalue weighted by molar-refractivity contribution is 0.0515. The highest BCUT2D eigenvalue weighted by Crippen LogP contribution is 2.35. The summed E-state index contributed by atoms with van der Waals surface area (Å²) in [5, 5.41) is 4.35. The van der Waals surface area contributed by atoms with Gasteiger partial charge in [-0.05, 0) is 38.3 Å². The normalized spacial score (nSPS) is 10.9. The fourth-order valence-corrected chi connectivity index (χ4v) is 4.19. The van der Waals surface area contributed by atoms with Crippen molar-refractivity contribution in [1.82, 2.24) is 9.97 Å². The molecular formula is C18H18ClN3O4S2. The summed E-state index contributed by atoms with van der Waals surface area (Å²) in [6.45, 7) is 4.04. The Morgan fingerprint density at radius 3 is 2.61 bits per heavy atom. The summed E-state index contributed by atoms with van der Waals surface area (Å²) in [5.74, 6) is -0.510. The van der Waals surface area contributed by atoms with Gasteiger partial charge in [0.15, 0.2) is 15.0 Å². The first-order valence-electron chi connectivity index (χ1n) is 8.45. The smallest absolute Gasteiger partial charge is 0.354 e. The summed E-state index contributed by atoms with van der Waals surface area (Å²) in [4.78, 5) is 32.2. The molecular weight excluding hydrogens is 422 g/mol. The first-order valence-corrected chi connectivity index (χ1v) is 10.9. The van der Waals surface area contributed by atoms with Crippen molar-refractivity contribution in [1.29, 1.82) is 0 Å². The fourth-order valence-electron chi connectivity index (χ4n) is 2.56. The SMILES string of the molecule is CCOC(=O)c1cc2c(Nc3nc(SC)sc3C(=O)OCC)cc(Cl)cc2[nH]1. The van der Waals surface area contributed by atoms with E-state index in [0.29, 0.717) is 32.6 Å². The van der Waals surface area contributed by atoms with E-state index >= 15 is 0 Å². The summed E-state index contributed by atoms with van der Waals surface area (Å²) >= 11 is 8.92. The van der Waals surface area contributed by atoms with Crippen molar-refractivity contribution in [2.45, 2.75) is 18.2 Å². The second-order valence-electron chi connectivity index (χ2n) is 5.53. The molecule has 0 aliphatic rings. The Morgan fingerprint density at radius 1 is 1.21 bits per heavy atom. The number of nitrogens with zero attached hydrogens (tertiary/aromatic N) is 1. The highest BCUT2D eigenvalue weighted by molar-refractivity contribution is 8.00. The van der Waals surface area contributed by atoms with E-state index in [0.717, 1.165) is 9.73 Å². The number of aromatic amines is 1. The minimum atomic E-state index is -0.452. The number of thiazole rings is 1. The number of H-pyrrole nitrogens is 1. The minimum absolute atomic E-state index is 0.271. The Hall–Kier alpha value is -2.23. The van der Waals surface area contributed by atoms with Gasteiger partial charge >= 0.3 is 11.9 Å². The van der Waals surface area contributed by atoms with Gasteiger partial charge in [0, 0.05) is 15.9 Å². The van der Waals surface area contributed by atoms with Gasteiger partial charge in [-0.15, -0.1) is 0 Å². The molecule has 0 radical (unpaired) electrons. The molecule has 0 aliphatic carbocycles. The van der Waals surface area contributed by atoms with E-state index in [-0.39, 0.29) is 13.2 Å². The van der Waals surface area contributed by atoms with Gasteiger partial charge in [-0.2, -0.15) is 0 Å². The Kier molecular flexibility index (Phi) is 6.48. The zero-order chi connectivity index (χ0) is 20.3. The molecule has 0 atom stereocenters. The predicted octanol–water partition coefficient (Wildman–Crippen LogP) is 5.10. The second kappa shape index (κ2) is 8.85. The molecule has 10 heteroatoms. The van der Waals surface area contributed by atoms with E-state index in [2.05, 4.69) is 15.3 Å². The summed E-state index contributed by atoms with van der Waals surface area (Å²) in [6, 6.07) is 5.10. The maximum Gasteiger partial charge on any atom is 0.354 e. The lowest BCUT2D eigenvalue weighted by atomic mass is 10.2. The van der Waals surface area contributed by atoms with E-state index < -0.39 is 11.9 Å². The van der Waals surface area contributed by atoms with Gasteiger partial charge in [0.05, 0.1) is 18.9 Å². The number of nitrogens with one attached hydrogen (secondary N) is 2. The Bertz CT molecular complexity index is 1030. The number of aromatic nitrogens is 2. The van der Waals surface area contributed by atoms with Crippen molar-refractivity contribution >= 4 is 69.0 Å². The van der Waals surface area contributed by atoms with Crippen LogP contribution in [-0.2, 0) is 9.47 Å². The molecule has 0 unspecified atom stereocenters. The number of fused-ring (bicyclic) bond motifs is 1. The number of esters is 2. The third-order valence-corrected chi connectivity index (χ3v) is 5.93. The molecule has 0 spiro atoms. The summed E-state index contributed by atoms with van der Waals surface area (Å²) in [6.07, 6.45) is 1.88. The van der Waals surface area contributed by atoms with Crippen molar-refractivity contribution in [3.05, 3.63) is 33.8 Å². The van der Waals surface area contributed by atoms with Crippen molar-refractivity contribution in [3.8, 4) is 0 Å². The number of ether oxygens (including phenoxy) is 2. The standard InChI is InChI=1S/C18H18ClN3O4S2/c1-4-25-16(23)13-8-10-11(20-13)6-9(19)7-12(10)21-15-14(17(24)26-5-2)28-18(22-15)27-3/h6-8,20-21H,4-5H2,1-3H3. The number of thioether (sulfide) groups is 1. The van der Waals surface area contributed by atoms with Crippen LogP contribution in [0.1, 0.15) is 34.0 Å². The summed E-state index contributed by atoms with van der Waals surface area (Å²) in [5.41, 5.74) is 1.59. The van der Waals surface area contributed by atoms with E-state index in [4.69, 9.17) is 21.1 Å². The highest BCUT2D eigenvalue weighted by Gasteiger charge is 2.21. The molecule has 2 N–H and O–H groups in total. The molecule has 7 nitrogen and oxygen atoms in total. The fraction of sp³-hybridized carbons (Fsp3) is 0.278. The number of hydrogen-bond acceptors (Lipinski definition) is 8. The number of hydrogen-bond donors (Lipinski definition) is 2. The Labute approximate surface area is 174 Å². The molecule has 0 amide bonds. The van der Waals surface area contributed by atoms with Gasteiger partial charge in [-0.1, -0.05) is 34.7 Å². The third kappa shape index (κ3) is 4.26. The molecule has 0 aliphatic heterocycles. The number of benzene rings is 1. The van der Waals surface area contributed by atoms with Crippen LogP contribution in [0.5, 0.6) is 0 Å². The van der Waals surface area contributed by atoms with Crippen LogP contribution < -0.4 is 5.32 Å². The summed E-state index contributed by atoms with van der Waals surface area (Å²) in [7, 11) is 0. The number of rotatable bonds is 7.